The van der Waals surface area contributed by atoms with Gasteiger partial charge in [-0.1, -0.05) is 35.3 Å². The van der Waals surface area contributed by atoms with E-state index >= 15 is 0 Å². The summed E-state index contributed by atoms with van der Waals surface area (Å²) in [6, 6.07) is 10.9. The van der Waals surface area contributed by atoms with Crippen LogP contribution in [0.5, 0.6) is 0 Å². The van der Waals surface area contributed by atoms with Crippen LogP contribution in [0.2, 0.25) is 10.0 Å². The molecule has 0 fully saturated rings. The van der Waals surface area contributed by atoms with Crippen LogP contribution >= 0.6 is 23.2 Å². The van der Waals surface area contributed by atoms with Crippen molar-refractivity contribution in [3.05, 3.63) is 52.0 Å². The summed E-state index contributed by atoms with van der Waals surface area (Å²) in [6.45, 7) is 2.00. The van der Waals surface area contributed by atoms with Crippen molar-refractivity contribution >= 4 is 34.8 Å². The zero-order chi connectivity index (χ0) is 13.1. The lowest BCUT2D eigenvalue weighted by Gasteiger charge is -2.16. The van der Waals surface area contributed by atoms with Crippen molar-refractivity contribution in [2.75, 3.05) is 11.1 Å². The molecule has 1 heterocycles. The SMILES string of the molecule is CC(Nc1cccc(N)n1)c1ccc(Cl)cc1Cl. The molecule has 3 nitrogen and oxygen atoms in total. The fourth-order valence-electron chi connectivity index (χ4n) is 1.68. The van der Waals surface area contributed by atoms with Crippen LogP contribution in [0.4, 0.5) is 11.6 Å². The second kappa shape index (κ2) is 5.46. The number of halogens is 2. The highest BCUT2D eigenvalue weighted by Crippen LogP contribution is 2.28. The maximum absolute atomic E-state index is 6.15. The van der Waals surface area contributed by atoms with E-state index in [1.165, 1.54) is 0 Å². The van der Waals surface area contributed by atoms with E-state index in [-0.39, 0.29) is 6.04 Å². The molecule has 1 aromatic carbocycles. The van der Waals surface area contributed by atoms with E-state index in [4.69, 9.17) is 28.9 Å². The van der Waals surface area contributed by atoms with Gasteiger partial charge in [0.15, 0.2) is 0 Å². The monoisotopic (exact) mass is 281 g/mol. The number of anilines is 2. The topological polar surface area (TPSA) is 50.9 Å². The van der Waals surface area contributed by atoms with Crippen LogP contribution in [0.25, 0.3) is 0 Å². The summed E-state index contributed by atoms with van der Waals surface area (Å²) < 4.78 is 0. The van der Waals surface area contributed by atoms with Gasteiger partial charge in [-0.2, -0.15) is 0 Å². The van der Waals surface area contributed by atoms with Crippen LogP contribution in [-0.2, 0) is 0 Å². The smallest absolute Gasteiger partial charge is 0.128 e. The van der Waals surface area contributed by atoms with E-state index in [0.717, 1.165) is 5.56 Å². The minimum Gasteiger partial charge on any atom is -0.384 e. The number of nitrogens with two attached hydrogens (primary N) is 1. The summed E-state index contributed by atoms with van der Waals surface area (Å²) in [5, 5.41) is 4.49. The number of benzene rings is 1. The number of rotatable bonds is 3. The van der Waals surface area contributed by atoms with Crippen molar-refractivity contribution in [1.29, 1.82) is 0 Å². The zero-order valence-electron chi connectivity index (χ0n) is 9.82. The highest BCUT2D eigenvalue weighted by Gasteiger charge is 2.10. The number of hydrogen-bond acceptors (Lipinski definition) is 3. The van der Waals surface area contributed by atoms with Gasteiger partial charge < -0.3 is 11.1 Å². The van der Waals surface area contributed by atoms with Crippen LogP contribution in [0, 0.1) is 0 Å². The maximum atomic E-state index is 6.15. The molecule has 0 aliphatic heterocycles. The van der Waals surface area contributed by atoms with Crippen molar-refractivity contribution in [1.82, 2.24) is 4.98 Å². The lowest BCUT2D eigenvalue weighted by molar-refractivity contribution is 0.875. The van der Waals surface area contributed by atoms with Gasteiger partial charge in [-0.25, -0.2) is 4.98 Å². The molecule has 1 unspecified atom stereocenters. The number of nitrogen functional groups attached to an aromatic ring is 1. The Morgan fingerprint density at radius 3 is 2.67 bits per heavy atom. The summed E-state index contributed by atoms with van der Waals surface area (Å²) in [7, 11) is 0. The maximum Gasteiger partial charge on any atom is 0.128 e. The largest absolute Gasteiger partial charge is 0.384 e. The third kappa shape index (κ3) is 3.06. The van der Waals surface area contributed by atoms with E-state index in [2.05, 4.69) is 10.3 Å². The molecule has 0 saturated carbocycles. The number of nitrogens with zero attached hydrogens (tertiary/aromatic N) is 1. The van der Waals surface area contributed by atoms with Crippen molar-refractivity contribution in [3.63, 3.8) is 0 Å². The summed E-state index contributed by atoms with van der Waals surface area (Å²) in [6.07, 6.45) is 0. The standard InChI is InChI=1S/C13H13Cl2N3/c1-8(10-6-5-9(14)7-11(10)15)17-13-4-2-3-12(16)18-13/h2-8H,1H3,(H3,16,17,18). The Labute approximate surface area is 116 Å². The van der Waals surface area contributed by atoms with Gasteiger partial charge in [0.1, 0.15) is 11.6 Å². The number of hydrogen-bond donors (Lipinski definition) is 2. The number of pyridine rings is 1. The van der Waals surface area contributed by atoms with Crippen LogP contribution in [-0.4, -0.2) is 4.98 Å². The Kier molecular flexibility index (Phi) is 3.94. The normalized spacial score (nSPS) is 12.2. The minimum atomic E-state index is 0.0177. The number of aromatic nitrogens is 1. The van der Waals surface area contributed by atoms with Gasteiger partial charge in [0.05, 0.1) is 6.04 Å². The fraction of sp³-hybridized carbons (Fsp3) is 0.154. The Morgan fingerprint density at radius 2 is 2.00 bits per heavy atom. The molecule has 1 atom stereocenters. The molecule has 18 heavy (non-hydrogen) atoms. The van der Waals surface area contributed by atoms with Crippen LogP contribution < -0.4 is 11.1 Å². The van der Waals surface area contributed by atoms with E-state index < -0.39 is 0 Å². The molecule has 94 valence electrons. The Bertz CT molecular complexity index is 558. The Balaban J connectivity index is 2.19. The van der Waals surface area contributed by atoms with Gasteiger partial charge in [0.2, 0.25) is 0 Å². The quantitative estimate of drug-likeness (QED) is 0.889. The summed E-state index contributed by atoms with van der Waals surface area (Å²) in [4.78, 5) is 4.18. The summed E-state index contributed by atoms with van der Waals surface area (Å²) in [5.74, 6) is 1.20. The first kappa shape index (κ1) is 13.0. The molecule has 5 heteroatoms. The van der Waals surface area contributed by atoms with Crippen molar-refractivity contribution < 1.29 is 0 Å². The second-order valence-electron chi connectivity index (χ2n) is 3.98. The molecule has 0 saturated heterocycles. The van der Waals surface area contributed by atoms with E-state index in [9.17, 15) is 0 Å². The van der Waals surface area contributed by atoms with Crippen molar-refractivity contribution in [3.8, 4) is 0 Å². The molecule has 0 spiro atoms. The first-order valence-electron chi connectivity index (χ1n) is 5.50. The van der Waals surface area contributed by atoms with Gasteiger partial charge >= 0.3 is 0 Å². The lowest BCUT2D eigenvalue weighted by Crippen LogP contribution is -2.09. The van der Waals surface area contributed by atoms with E-state index in [0.29, 0.717) is 21.7 Å². The Morgan fingerprint density at radius 1 is 1.22 bits per heavy atom. The first-order chi connectivity index (χ1) is 8.56. The molecule has 0 amide bonds. The number of nitrogens with one attached hydrogen (secondary N) is 1. The average molecular weight is 282 g/mol. The highest BCUT2D eigenvalue weighted by atomic mass is 35.5. The summed E-state index contributed by atoms with van der Waals surface area (Å²) in [5.41, 5.74) is 6.59. The predicted octanol–water partition coefficient (Wildman–Crippen LogP) is 4.14. The van der Waals surface area contributed by atoms with Gasteiger partial charge in [0, 0.05) is 10.0 Å². The van der Waals surface area contributed by atoms with Gasteiger partial charge in [0.25, 0.3) is 0 Å². The summed E-state index contributed by atoms with van der Waals surface area (Å²) >= 11 is 12.0. The molecule has 0 radical (unpaired) electrons. The minimum absolute atomic E-state index is 0.0177. The fourth-order valence-corrected chi connectivity index (χ4v) is 2.26. The predicted molar refractivity (Wildman–Crippen MR) is 77.1 cm³/mol. The third-order valence-corrected chi connectivity index (χ3v) is 3.13. The van der Waals surface area contributed by atoms with Crippen LogP contribution in [0.3, 0.4) is 0 Å². The van der Waals surface area contributed by atoms with Crippen molar-refractivity contribution in [2.24, 2.45) is 0 Å². The van der Waals surface area contributed by atoms with Gasteiger partial charge in [-0.15, -0.1) is 0 Å². The highest BCUT2D eigenvalue weighted by molar-refractivity contribution is 6.35. The van der Waals surface area contributed by atoms with Crippen molar-refractivity contribution in [2.45, 2.75) is 13.0 Å². The second-order valence-corrected chi connectivity index (χ2v) is 4.82. The van der Waals surface area contributed by atoms with E-state index in [1.807, 2.05) is 31.2 Å². The molecular formula is C13H13Cl2N3. The Hall–Kier alpha value is -1.45. The first-order valence-corrected chi connectivity index (χ1v) is 6.26. The van der Waals surface area contributed by atoms with E-state index in [1.54, 1.807) is 12.1 Å². The molecular weight excluding hydrogens is 269 g/mol. The molecule has 0 aliphatic rings. The zero-order valence-corrected chi connectivity index (χ0v) is 11.3. The van der Waals surface area contributed by atoms with Gasteiger partial charge in [-0.05, 0) is 36.8 Å². The molecule has 2 aromatic rings. The van der Waals surface area contributed by atoms with Gasteiger partial charge in [-0.3, -0.25) is 0 Å². The molecule has 3 N–H and O–H groups in total. The third-order valence-electron chi connectivity index (χ3n) is 2.56. The van der Waals surface area contributed by atoms with Crippen LogP contribution in [0.15, 0.2) is 36.4 Å². The molecule has 2 rings (SSSR count). The lowest BCUT2D eigenvalue weighted by atomic mass is 10.1. The molecule has 0 bridgehead atoms. The van der Waals surface area contributed by atoms with Crippen LogP contribution in [0.1, 0.15) is 18.5 Å². The average Bonchev–Trinajstić information content (AvgIpc) is 2.28. The molecule has 0 aliphatic carbocycles. The molecule has 1 aromatic heterocycles.